The Bertz CT molecular complexity index is 1190. The van der Waals surface area contributed by atoms with Crippen molar-refractivity contribution in [3.8, 4) is 11.5 Å². The van der Waals surface area contributed by atoms with Crippen molar-refractivity contribution in [1.29, 1.82) is 0 Å². The third kappa shape index (κ3) is 6.68. The Hall–Kier alpha value is -3.39. The van der Waals surface area contributed by atoms with Crippen LogP contribution >= 0.6 is 11.3 Å². The largest absolute Gasteiger partial charge is 0.493 e. The fourth-order valence-corrected chi connectivity index (χ4v) is 5.48. The smallest absolute Gasteiger partial charge is 0.248 e. The molecule has 6 nitrogen and oxygen atoms in total. The molecular weight excluding hydrogens is 491 g/mol. The van der Waals surface area contributed by atoms with Gasteiger partial charge in [0.15, 0.2) is 11.5 Å². The number of carbonyl (C=O) groups is 2. The molecule has 1 saturated carbocycles. The van der Waals surface area contributed by atoms with Crippen LogP contribution in [-0.2, 0) is 16.0 Å². The van der Waals surface area contributed by atoms with Crippen molar-refractivity contribution in [2.75, 3.05) is 18.6 Å². The standard InChI is InChI=1S/C29H33FN2O4S/c1-3-36-26-17-20(14-15-25(26)35-2)28(29(34)31-22-10-5-4-6-11-22)32(23-12-7-9-21(30)18-23)27(33)19-24-13-8-16-37-24/h7-9,12-18,22,28H,3-6,10-11,19H2,1-2H3,(H,31,34). The summed E-state index contributed by atoms with van der Waals surface area (Å²) < 4.78 is 25.6. The van der Waals surface area contributed by atoms with Gasteiger partial charge < -0.3 is 14.8 Å². The summed E-state index contributed by atoms with van der Waals surface area (Å²) in [4.78, 5) is 30.1. The molecule has 0 spiro atoms. The molecule has 2 amide bonds. The summed E-state index contributed by atoms with van der Waals surface area (Å²) in [6.45, 7) is 2.27. The zero-order chi connectivity index (χ0) is 26.2. The lowest BCUT2D eigenvalue weighted by Gasteiger charge is -2.33. The molecule has 37 heavy (non-hydrogen) atoms. The summed E-state index contributed by atoms with van der Waals surface area (Å²) in [6.07, 6.45) is 5.15. The Balaban J connectivity index is 1.80. The number of hydrogen-bond acceptors (Lipinski definition) is 5. The molecule has 1 N–H and O–H groups in total. The molecular formula is C29H33FN2O4S. The van der Waals surface area contributed by atoms with E-state index in [0.717, 1.165) is 37.0 Å². The molecule has 1 unspecified atom stereocenters. The van der Waals surface area contributed by atoms with E-state index in [2.05, 4.69) is 5.32 Å². The van der Waals surface area contributed by atoms with E-state index in [9.17, 15) is 14.0 Å². The highest BCUT2D eigenvalue weighted by Crippen LogP contribution is 2.35. The van der Waals surface area contributed by atoms with Gasteiger partial charge in [0.05, 0.1) is 20.1 Å². The number of rotatable bonds is 10. The van der Waals surface area contributed by atoms with Gasteiger partial charge in [-0.15, -0.1) is 11.3 Å². The van der Waals surface area contributed by atoms with Crippen LogP contribution in [0.4, 0.5) is 10.1 Å². The maximum Gasteiger partial charge on any atom is 0.248 e. The predicted octanol–water partition coefficient (Wildman–Crippen LogP) is 6.06. The molecule has 1 heterocycles. The van der Waals surface area contributed by atoms with Gasteiger partial charge in [-0.3, -0.25) is 14.5 Å². The van der Waals surface area contributed by atoms with Crippen LogP contribution in [0, 0.1) is 5.82 Å². The summed E-state index contributed by atoms with van der Waals surface area (Å²) in [5.74, 6) is -0.0846. The molecule has 1 aromatic heterocycles. The van der Waals surface area contributed by atoms with E-state index < -0.39 is 11.9 Å². The van der Waals surface area contributed by atoms with Crippen LogP contribution in [0.15, 0.2) is 60.0 Å². The molecule has 1 aliphatic rings. The van der Waals surface area contributed by atoms with Gasteiger partial charge in [0.1, 0.15) is 11.9 Å². The van der Waals surface area contributed by atoms with Gasteiger partial charge >= 0.3 is 0 Å². The van der Waals surface area contributed by atoms with Gasteiger partial charge in [-0.25, -0.2) is 4.39 Å². The Morgan fingerprint density at radius 2 is 1.89 bits per heavy atom. The molecule has 0 bridgehead atoms. The van der Waals surface area contributed by atoms with Crippen LogP contribution in [-0.4, -0.2) is 31.6 Å². The number of nitrogens with zero attached hydrogens (tertiary/aromatic N) is 1. The van der Waals surface area contributed by atoms with Crippen molar-refractivity contribution in [1.82, 2.24) is 5.32 Å². The highest BCUT2D eigenvalue weighted by Gasteiger charge is 2.35. The van der Waals surface area contributed by atoms with Gasteiger partial charge in [0, 0.05) is 16.6 Å². The fraction of sp³-hybridized carbons (Fsp3) is 0.379. The monoisotopic (exact) mass is 524 g/mol. The van der Waals surface area contributed by atoms with Gasteiger partial charge in [-0.1, -0.05) is 37.5 Å². The Kier molecular flexibility index (Phi) is 9.17. The number of carbonyl (C=O) groups excluding carboxylic acids is 2. The van der Waals surface area contributed by atoms with Gasteiger partial charge in [0.2, 0.25) is 11.8 Å². The number of methoxy groups -OCH3 is 1. The van der Waals surface area contributed by atoms with Gasteiger partial charge in [-0.05, 0) is 67.1 Å². The average molecular weight is 525 g/mol. The van der Waals surface area contributed by atoms with Crippen LogP contribution in [0.2, 0.25) is 0 Å². The summed E-state index contributed by atoms with van der Waals surface area (Å²) >= 11 is 1.47. The molecule has 3 aromatic rings. The van der Waals surface area contributed by atoms with Crippen LogP contribution < -0.4 is 19.7 Å². The second-order valence-electron chi connectivity index (χ2n) is 9.09. The Morgan fingerprint density at radius 1 is 1.08 bits per heavy atom. The van der Waals surface area contributed by atoms with Crippen LogP contribution in [0.25, 0.3) is 0 Å². The van der Waals surface area contributed by atoms with E-state index >= 15 is 0 Å². The number of thiophene rings is 1. The molecule has 2 aromatic carbocycles. The highest BCUT2D eigenvalue weighted by atomic mass is 32.1. The topological polar surface area (TPSA) is 67.9 Å². The number of amides is 2. The Morgan fingerprint density at radius 3 is 2.57 bits per heavy atom. The molecule has 0 aliphatic heterocycles. The maximum absolute atomic E-state index is 14.4. The summed E-state index contributed by atoms with van der Waals surface area (Å²) in [5, 5.41) is 5.08. The van der Waals surface area contributed by atoms with Crippen LogP contribution in [0.1, 0.15) is 55.5 Å². The minimum absolute atomic E-state index is 0.0371. The maximum atomic E-state index is 14.4. The second-order valence-corrected chi connectivity index (χ2v) is 10.1. The number of halogens is 1. The first-order valence-electron chi connectivity index (χ1n) is 12.7. The van der Waals surface area contributed by atoms with E-state index in [4.69, 9.17) is 9.47 Å². The number of benzene rings is 2. The van der Waals surface area contributed by atoms with Crippen molar-refractivity contribution in [2.45, 2.75) is 57.5 Å². The summed E-state index contributed by atoms with van der Waals surface area (Å²) in [5.41, 5.74) is 0.875. The third-order valence-corrected chi connectivity index (χ3v) is 7.40. The normalized spacial score (nSPS) is 14.6. The summed E-state index contributed by atoms with van der Waals surface area (Å²) in [7, 11) is 1.55. The molecule has 196 valence electrons. The fourth-order valence-electron chi connectivity index (χ4n) is 4.79. The van der Waals surface area contributed by atoms with Crippen molar-refractivity contribution >= 4 is 28.8 Å². The molecule has 8 heteroatoms. The SMILES string of the molecule is CCOc1cc(C(C(=O)NC2CCCCC2)N(C(=O)Cc2cccs2)c2cccc(F)c2)ccc1OC. The van der Waals surface area contributed by atoms with Crippen LogP contribution in [0.5, 0.6) is 11.5 Å². The van der Waals surface area contributed by atoms with E-state index in [1.165, 1.54) is 28.4 Å². The molecule has 1 aliphatic carbocycles. The predicted molar refractivity (Wildman–Crippen MR) is 144 cm³/mol. The quantitative estimate of drug-likeness (QED) is 0.350. The average Bonchev–Trinajstić information content (AvgIpc) is 3.41. The molecule has 0 saturated heterocycles. The van der Waals surface area contributed by atoms with Crippen molar-refractivity contribution in [2.24, 2.45) is 0 Å². The molecule has 4 rings (SSSR count). The number of ether oxygens (including phenoxy) is 2. The summed E-state index contributed by atoms with van der Waals surface area (Å²) in [6, 6.07) is 13.8. The minimum atomic E-state index is -1.03. The minimum Gasteiger partial charge on any atom is -0.493 e. The number of hydrogen-bond donors (Lipinski definition) is 1. The Labute approximate surface area is 221 Å². The second kappa shape index (κ2) is 12.7. The van der Waals surface area contributed by atoms with E-state index in [0.29, 0.717) is 29.4 Å². The molecule has 1 atom stereocenters. The lowest BCUT2D eigenvalue weighted by atomic mass is 9.94. The van der Waals surface area contributed by atoms with Crippen molar-refractivity contribution in [3.05, 3.63) is 76.2 Å². The van der Waals surface area contributed by atoms with Crippen LogP contribution in [0.3, 0.4) is 0 Å². The zero-order valence-electron chi connectivity index (χ0n) is 21.2. The first kappa shape index (κ1) is 26.7. The van der Waals surface area contributed by atoms with Crippen molar-refractivity contribution < 1.29 is 23.5 Å². The lowest BCUT2D eigenvalue weighted by molar-refractivity contribution is -0.127. The zero-order valence-corrected chi connectivity index (χ0v) is 22.1. The van der Waals surface area contributed by atoms with Gasteiger partial charge in [0.25, 0.3) is 0 Å². The molecule has 0 radical (unpaired) electrons. The van der Waals surface area contributed by atoms with Gasteiger partial charge in [-0.2, -0.15) is 0 Å². The van der Waals surface area contributed by atoms with E-state index in [1.54, 1.807) is 37.4 Å². The molecule has 1 fully saturated rings. The third-order valence-electron chi connectivity index (χ3n) is 6.52. The lowest BCUT2D eigenvalue weighted by Crippen LogP contribution is -2.47. The number of nitrogens with one attached hydrogen (secondary N) is 1. The first-order chi connectivity index (χ1) is 18.0. The van der Waals surface area contributed by atoms with E-state index in [1.807, 2.05) is 24.4 Å². The highest BCUT2D eigenvalue weighted by molar-refractivity contribution is 7.10. The number of anilines is 1. The van der Waals surface area contributed by atoms with Crippen molar-refractivity contribution in [3.63, 3.8) is 0 Å². The first-order valence-corrected chi connectivity index (χ1v) is 13.6. The van der Waals surface area contributed by atoms with E-state index in [-0.39, 0.29) is 24.3 Å².